The molecule has 0 saturated carbocycles. The van der Waals surface area contributed by atoms with Crippen LogP contribution in [0.25, 0.3) is 0 Å². The third kappa shape index (κ3) is 4.08. The molecule has 152 valence electrons. The topological polar surface area (TPSA) is 125 Å². The SMILES string of the molecule is CCOC(=O)[C@@H]1[C@@H](c2ccc([N+](=O)[O-])cc2)ON(C)[C@H]1c1ccc([N+](=O)[O-])cc1. The first kappa shape index (κ1) is 20.4. The molecule has 2 aromatic carbocycles. The summed E-state index contributed by atoms with van der Waals surface area (Å²) in [5, 5.41) is 23.3. The molecule has 1 heterocycles. The predicted molar refractivity (Wildman–Crippen MR) is 101 cm³/mol. The van der Waals surface area contributed by atoms with Crippen LogP contribution in [0, 0.1) is 26.1 Å². The normalized spacial score (nSPS) is 21.7. The van der Waals surface area contributed by atoms with Crippen molar-refractivity contribution in [3.63, 3.8) is 0 Å². The highest BCUT2D eigenvalue weighted by Crippen LogP contribution is 2.47. The maximum atomic E-state index is 12.8. The standard InChI is InChI=1S/C19H19N3O7/c1-3-28-19(23)16-17(12-4-8-14(9-5-12)21(24)25)20(2)29-18(16)13-6-10-15(11-7-13)22(26)27/h4-11,16-18H,3H2,1-2H3/t16-,17-,18+/m0/s1. The lowest BCUT2D eigenvalue weighted by Crippen LogP contribution is -2.28. The van der Waals surface area contributed by atoms with E-state index in [1.54, 1.807) is 38.2 Å². The van der Waals surface area contributed by atoms with Crippen molar-refractivity contribution in [2.75, 3.05) is 13.7 Å². The fraction of sp³-hybridized carbons (Fsp3) is 0.316. The van der Waals surface area contributed by atoms with E-state index in [4.69, 9.17) is 9.57 Å². The Labute approximate surface area is 165 Å². The third-order valence-corrected chi connectivity index (χ3v) is 4.77. The Balaban J connectivity index is 1.98. The summed E-state index contributed by atoms with van der Waals surface area (Å²) in [6, 6.07) is 11.1. The molecule has 0 aromatic heterocycles. The smallest absolute Gasteiger partial charge is 0.314 e. The largest absolute Gasteiger partial charge is 0.466 e. The van der Waals surface area contributed by atoms with Gasteiger partial charge < -0.3 is 4.74 Å². The zero-order valence-electron chi connectivity index (χ0n) is 15.8. The molecule has 0 amide bonds. The molecule has 1 aliphatic rings. The number of ether oxygens (including phenoxy) is 1. The summed E-state index contributed by atoms with van der Waals surface area (Å²) in [5.41, 5.74) is 1.11. The lowest BCUT2D eigenvalue weighted by atomic mass is 9.86. The molecular formula is C19H19N3O7. The second-order valence-corrected chi connectivity index (χ2v) is 6.49. The van der Waals surface area contributed by atoms with Gasteiger partial charge in [0.1, 0.15) is 12.0 Å². The van der Waals surface area contributed by atoms with Gasteiger partial charge in [-0.25, -0.2) is 0 Å². The van der Waals surface area contributed by atoms with Gasteiger partial charge in [0, 0.05) is 31.3 Å². The van der Waals surface area contributed by atoms with E-state index in [2.05, 4.69) is 0 Å². The number of nitro groups is 2. The summed E-state index contributed by atoms with van der Waals surface area (Å²) in [6.45, 7) is 1.87. The van der Waals surface area contributed by atoms with Crippen LogP contribution in [0.4, 0.5) is 11.4 Å². The van der Waals surface area contributed by atoms with Crippen LogP contribution >= 0.6 is 0 Å². The van der Waals surface area contributed by atoms with Crippen LogP contribution in [0.2, 0.25) is 0 Å². The van der Waals surface area contributed by atoms with Gasteiger partial charge in [-0.3, -0.25) is 29.9 Å². The van der Waals surface area contributed by atoms with Gasteiger partial charge in [-0.15, -0.1) is 0 Å². The molecule has 0 unspecified atom stereocenters. The van der Waals surface area contributed by atoms with Crippen LogP contribution in [0.3, 0.4) is 0 Å². The second kappa shape index (κ2) is 8.33. The van der Waals surface area contributed by atoms with Crippen LogP contribution in [0.5, 0.6) is 0 Å². The molecule has 0 bridgehead atoms. The minimum Gasteiger partial charge on any atom is -0.466 e. The van der Waals surface area contributed by atoms with Gasteiger partial charge in [0.15, 0.2) is 0 Å². The molecule has 3 rings (SSSR count). The first-order valence-electron chi connectivity index (χ1n) is 8.88. The summed E-state index contributed by atoms with van der Waals surface area (Å²) in [5.74, 6) is -1.24. The van der Waals surface area contributed by atoms with Crippen molar-refractivity contribution in [3.8, 4) is 0 Å². The molecule has 1 saturated heterocycles. The van der Waals surface area contributed by atoms with Gasteiger partial charge in [-0.05, 0) is 30.2 Å². The highest BCUT2D eigenvalue weighted by Gasteiger charge is 2.48. The van der Waals surface area contributed by atoms with Crippen molar-refractivity contribution >= 4 is 17.3 Å². The number of hydroxylamine groups is 2. The van der Waals surface area contributed by atoms with Crippen molar-refractivity contribution in [2.45, 2.75) is 19.1 Å². The Hall–Kier alpha value is -3.37. The Morgan fingerprint density at radius 3 is 1.93 bits per heavy atom. The van der Waals surface area contributed by atoms with E-state index in [0.717, 1.165) is 0 Å². The number of carbonyl (C=O) groups excluding carboxylic acids is 1. The van der Waals surface area contributed by atoms with Gasteiger partial charge in [-0.1, -0.05) is 12.1 Å². The lowest BCUT2D eigenvalue weighted by Gasteiger charge is -2.22. The number of non-ortho nitro benzene ring substituents is 2. The third-order valence-electron chi connectivity index (χ3n) is 4.77. The Bertz CT molecular complexity index is 914. The van der Waals surface area contributed by atoms with E-state index in [-0.39, 0.29) is 18.0 Å². The van der Waals surface area contributed by atoms with Crippen molar-refractivity contribution in [2.24, 2.45) is 5.92 Å². The summed E-state index contributed by atoms with van der Waals surface area (Å²) in [4.78, 5) is 39.5. The summed E-state index contributed by atoms with van der Waals surface area (Å²) in [7, 11) is 1.66. The van der Waals surface area contributed by atoms with Crippen molar-refractivity contribution in [1.29, 1.82) is 0 Å². The van der Waals surface area contributed by atoms with Crippen LogP contribution in [0.15, 0.2) is 48.5 Å². The number of carbonyl (C=O) groups is 1. The fourth-order valence-corrected chi connectivity index (χ4v) is 3.46. The van der Waals surface area contributed by atoms with Crippen LogP contribution in [0.1, 0.15) is 30.2 Å². The molecule has 10 nitrogen and oxygen atoms in total. The summed E-state index contributed by atoms with van der Waals surface area (Å²) < 4.78 is 5.24. The summed E-state index contributed by atoms with van der Waals surface area (Å²) in [6.07, 6.45) is -0.722. The van der Waals surface area contributed by atoms with E-state index in [0.29, 0.717) is 11.1 Å². The van der Waals surface area contributed by atoms with Gasteiger partial charge in [0.25, 0.3) is 11.4 Å². The molecule has 1 aliphatic heterocycles. The maximum absolute atomic E-state index is 12.8. The van der Waals surface area contributed by atoms with Crippen LogP contribution in [-0.4, -0.2) is 34.5 Å². The van der Waals surface area contributed by atoms with Crippen molar-refractivity contribution in [3.05, 3.63) is 79.9 Å². The number of rotatable bonds is 6. The van der Waals surface area contributed by atoms with Crippen molar-refractivity contribution in [1.82, 2.24) is 5.06 Å². The zero-order valence-corrected chi connectivity index (χ0v) is 15.8. The Morgan fingerprint density at radius 1 is 1.00 bits per heavy atom. The number of esters is 1. The van der Waals surface area contributed by atoms with E-state index in [1.807, 2.05) is 0 Å². The van der Waals surface area contributed by atoms with Gasteiger partial charge in [-0.2, -0.15) is 5.06 Å². The molecule has 10 heteroatoms. The van der Waals surface area contributed by atoms with Gasteiger partial charge in [0.2, 0.25) is 0 Å². The van der Waals surface area contributed by atoms with Crippen molar-refractivity contribution < 1.29 is 24.2 Å². The fourth-order valence-electron chi connectivity index (χ4n) is 3.46. The van der Waals surface area contributed by atoms with Gasteiger partial charge in [0.05, 0.1) is 22.5 Å². The lowest BCUT2D eigenvalue weighted by molar-refractivity contribution is -0.385. The molecule has 0 N–H and O–H groups in total. The average molecular weight is 401 g/mol. The maximum Gasteiger partial charge on any atom is 0.314 e. The molecule has 0 spiro atoms. The minimum atomic E-state index is -0.761. The minimum absolute atomic E-state index is 0.0603. The molecule has 29 heavy (non-hydrogen) atoms. The molecular weight excluding hydrogens is 382 g/mol. The molecule has 2 aromatic rings. The van der Waals surface area contributed by atoms with Gasteiger partial charge >= 0.3 is 5.97 Å². The molecule has 1 fully saturated rings. The molecule has 0 aliphatic carbocycles. The second-order valence-electron chi connectivity index (χ2n) is 6.49. The number of nitro benzene ring substituents is 2. The van der Waals surface area contributed by atoms with Crippen LogP contribution < -0.4 is 0 Å². The monoisotopic (exact) mass is 401 g/mol. The van der Waals surface area contributed by atoms with E-state index < -0.39 is 33.9 Å². The van der Waals surface area contributed by atoms with E-state index in [1.165, 1.54) is 29.3 Å². The van der Waals surface area contributed by atoms with E-state index >= 15 is 0 Å². The number of benzene rings is 2. The zero-order chi connectivity index (χ0) is 21.1. The highest BCUT2D eigenvalue weighted by molar-refractivity contribution is 5.75. The quantitative estimate of drug-likeness (QED) is 0.410. The summed E-state index contributed by atoms with van der Waals surface area (Å²) >= 11 is 0. The van der Waals surface area contributed by atoms with E-state index in [9.17, 15) is 25.0 Å². The first-order chi connectivity index (χ1) is 13.8. The Morgan fingerprint density at radius 2 is 1.48 bits per heavy atom. The predicted octanol–water partition coefficient (Wildman–Crippen LogP) is 3.34. The first-order valence-corrected chi connectivity index (χ1v) is 8.88. The average Bonchev–Trinajstić information content (AvgIpc) is 3.05. The number of hydrogen-bond donors (Lipinski definition) is 0. The molecule has 0 radical (unpaired) electrons. The number of hydrogen-bond acceptors (Lipinski definition) is 8. The Kier molecular flexibility index (Phi) is 5.85. The molecule has 3 atom stereocenters. The highest BCUT2D eigenvalue weighted by atomic mass is 16.7. The van der Waals surface area contributed by atoms with Crippen LogP contribution in [-0.2, 0) is 14.4 Å². The number of nitrogens with zero attached hydrogens (tertiary/aromatic N) is 3.